The third kappa shape index (κ3) is 9.58. The van der Waals surface area contributed by atoms with Crippen molar-refractivity contribution in [1.29, 1.82) is 0 Å². The Hall–Kier alpha value is -1.12. The van der Waals surface area contributed by atoms with Crippen molar-refractivity contribution in [1.82, 2.24) is 0 Å². The van der Waals surface area contributed by atoms with Gasteiger partial charge >= 0.3 is 0 Å². The summed E-state index contributed by atoms with van der Waals surface area (Å²) in [6.45, 7) is 10.9. The zero-order valence-electron chi connectivity index (χ0n) is 18.4. The van der Waals surface area contributed by atoms with Crippen LogP contribution in [0.2, 0.25) is 0 Å². The quantitative estimate of drug-likeness (QED) is 0.528. The van der Waals surface area contributed by atoms with E-state index in [2.05, 4.69) is 52.0 Å². The van der Waals surface area contributed by atoms with Gasteiger partial charge in [-0.25, -0.2) is 0 Å². The van der Waals surface area contributed by atoms with Crippen molar-refractivity contribution in [2.75, 3.05) is 6.61 Å². The normalized spacial score (nSPS) is 25.1. The number of hydrogen-bond donors (Lipinski definition) is 2. The smallest absolute Gasteiger partial charge is 0.0710 e. The van der Waals surface area contributed by atoms with Gasteiger partial charge < -0.3 is 10.2 Å². The first-order valence-corrected chi connectivity index (χ1v) is 10.7. The number of allylic oxidation sites excluding steroid dienone is 6. The van der Waals surface area contributed by atoms with Crippen LogP contribution in [0.5, 0.6) is 0 Å². The first kappa shape index (κ1) is 23.9. The Morgan fingerprint density at radius 1 is 1.04 bits per heavy atom. The van der Waals surface area contributed by atoms with Gasteiger partial charge in [0.2, 0.25) is 0 Å². The lowest BCUT2D eigenvalue weighted by Gasteiger charge is -2.34. The molecule has 0 saturated carbocycles. The molecular weight excluding hydrogens is 332 g/mol. The summed E-state index contributed by atoms with van der Waals surface area (Å²) in [5.74, 6) is 0.229. The first-order chi connectivity index (χ1) is 12.8. The molecule has 2 nitrogen and oxygen atoms in total. The fourth-order valence-electron chi connectivity index (χ4n) is 3.63. The molecular formula is C25H42O2. The molecule has 1 aliphatic carbocycles. The summed E-state index contributed by atoms with van der Waals surface area (Å²) < 4.78 is 0. The van der Waals surface area contributed by atoms with E-state index in [4.69, 9.17) is 5.11 Å². The van der Waals surface area contributed by atoms with Crippen LogP contribution >= 0.6 is 0 Å². The summed E-state index contributed by atoms with van der Waals surface area (Å²) in [6, 6.07) is 0. The van der Waals surface area contributed by atoms with E-state index in [1.54, 1.807) is 0 Å². The minimum absolute atomic E-state index is 0.124. The van der Waals surface area contributed by atoms with E-state index in [0.717, 1.165) is 63.4 Å². The Morgan fingerprint density at radius 3 is 2.19 bits per heavy atom. The minimum Gasteiger partial charge on any atom is -0.392 e. The highest BCUT2D eigenvalue weighted by molar-refractivity contribution is 5.09. The Bertz CT molecular complexity index is 565. The first-order valence-electron chi connectivity index (χ1n) is 10.7. The van der Waals surface area contributed by atoms with Crippen molar-refractivity contribution in [3.63, 3.8) is 0 Å². The van der Waals surface area contributed by atoms with Gasteiger partial charge in [-0.05, 0) is 91.4 Å². The lowest BCUT2D eigenvalue weighted by Crippen LogP contribution is -2.36. The van der Waals surface area contributed by atoms with Gasteiger partial charge in [-0.15, -0.1) is 0 Å². The van der Waals surface area contributed by atoms with Crippen molar-refractivity contribution in [3.8, 4) is 0 Å². The molecule has 1 rings (SSSR count). The standard InChI is InChI=1S/C25H42O2/c1-20-9-6-11-21(2)15-17-25(27,18-16-22(3)12-7-10-20)24(5)14-8-13-23(4)19-26/h9,12-13,15,24,26-27H,6-8,10-11,14,16-19H2,1-5H3. The number of aliphatic hydroxyl groups is 2. The zero-order valence-corrected chi connectivity index (χ0v) is 18.4. The topological polar surface area (TPSA) is 40.5 Å². The second-order valence-corrected chi connectivity index (χ2v) is 8.72. The molecule has 0 aromatic carbocycles. The van der Waals surface area contributed by atoms with Gasteiger partial charge in [0.25, 0.3) is 0 Å². The van der Waals surface area contributed by atoms with Gasteiger partial charge in [0.05, 0.1) is 12.2 Å². The van der Waals surface area contributed by atoms with Crippen molar-refractivity contribution in [2.45, 2.75) is 98.0 Å². The third-order valence-electron chi connectivity index (χ3n) is 6.08. The van der Waals surface area contributed by atoms with Crippen LogP contribution in [0, 0.1) is 5.92 Å². The van der Waals surface area contributed by atoms with Crippen LogP contribution in [-0.4, -0.2) is 22.4 Å². The molecule has 0 saturated heterocycles. The number of aliphatic hydroxyl groups excluding tert-OH is 1. The third-order valence-corrected chi connectivity index (χ3v) is 6.08. The van der Waals surface area contributed by atoms with E-state index in [1.165, 1.54) is 16.7 Å². The van der Waals surface area contributed by atoms with Crippen LogP contribution in [0.25, 0.3) is 0 Å². The Morgan fingerprint density at radius 2 is 1.59 bits per heavy atom. The molecule has 0 bridgehead atoms. The predicted octanol–water partition coefficient (Wildman–Crippen LogP) is 6.66. The largest absolute Gasteiger partial charge is 0.392 e. The van der Waals surface area contributed by atoms with E-state index in [0.29, 0.717) is 0 Å². The molecule has 0 heterocycles. The lowest BCUT2D eigenvalue weighted by molar-refractivity contribution is -0.0197. The SMILES string of the molecule is CC(=CCCC(C)C1(O)CC=C(C)CCC=C(C)CCC=C(C)CC1)CO. The van der Waals surface area contributed by atoms with Crippen molar-refractivity contribution >= 4 is 0 Å². The summed E-state index contributed by atoms with van der Waals surface area (Å²) in [5, 5.41) is 20.7. The highest BCUT2D eigenvalue weighted by atomic mass is 16.3. The maximum absolute atomic E-state index is 11.5. The molecule has 2 atom stereocenters. The summed E-state index contributed by atoms with van der Waals surface area (Å²) >= 11 is 0. The van der Waals surface area contributed by atoms with Gasteiger partial charge in [-0.1, -0.05) is 53.5 Å². The Balaban J connectivity index is 2.89. The molecule has 154 valence electrons. The van der Waals surface area contributed by atoms with Gasteiger partial charge in [0.15, 0.2) is 0 Å². The molecule has 0 spiro atoms. The summed E-state index contributed by atoms with van der Waals surface area (Å²) in [5.41, 5.74) is 4.61. The van der Waals surface area contributed by atoms with Gasteiger partial charge in [0.1, 0.15) is 0 Å². The van der Waals surface area contributed by atoms with E-state index in [-0.39, 0.29) is 12.5 Å². The molecule has 0 aromatic rings. The predicted molar refractivity (Wildman–Crippen MR) is 118 cm³/mol. The van der Waals surface area contributed by atoms with E-state index >= 15 is 0 Å². The lowest BCUT2D eigenvalue weighted by atomic mass is 9.78. The Kier molecular flexibility index (Phi) is 10.9. The molecule has 2 unspecified atom stereocenters. The van der Waals surface area contributed by atoms with E-state index < -0.39 is 5.60 Å². The van der Waals surface area contributed by atoms with E-state index in [1.807, 2.05) is 6.92 Å². The molecule has 0 fully saturated rings. The maximum Gasteiger partial charge on any atom is 0.0710 e. The van der Waals surface area contributed by atoms with Crippen LogP contribution < -0.4 is 0 Å². The van der Waals surface area contributed by atoms with Gasteiger partial charge in [0, 0.05) is 0 Å². The van der Waals surface area contributed by atoms with Crippen LogP contribution in [-0.2, 0) is 0 Å². The fraction of sp³-hybridized carbons (Fsp3) is 0.680. The van der Waals surface area contributed by atoms with Crippen molar-refractivity contribution in [3.05, 3.63) is 46.6 Å². The summed E-state index contributed by atoms with van der Waals surface area (Å²) in [4.78, 5) is 0. The molecule has 2 N–H and O–H groups in total. The molecule has 2 heteroatoms. The monoisotopic (exact) mass is 374 g/mol. The van der Waals surface area contributed by atoms with Crippen molar-refractivity contribution in [2.24, 2.45) is 5.92 Å². The van der Waals surface area contributed by atoms with Crippen molar-refractivity contribution < 1.29 is 10.2 Å². The van der Waals surface area contributed by atoms with Gasteiger partial charge in [-0.3, -0.25) is 0 Å². The Labute approximate surface area is 167 Å². The average Bonchev–Trinajstić information content (AvgIpc) is 2.63. The highest BCUT2D eigenvalue weighted by Crippen LogP contribution is 2.33. The molecule has 0 amide bonds. The number of rotatable bonds is 5. The van der Waals surface area contributed by atoms with E-state index in [9.17, 15) is 5.11 Å². The molecule has 27 heavy (non-hydrogen) atoms. The summed E-state index contributed by atoms with van der Waals surface area (Å²) in [7, 11) is 0. The maximum atomic E-state index is 11.5. The van der Waals surface area contributed by atoms with Gasteiger partial charge in [-0.2, -0.15) is 0 Å². The molecule has 0 radical (unpaired) electrons. The molecule has 0 aromatic heterocycles. The van der Waals surface area contributed by atoms with Crippen LogP contribution in [0.4, 0.5) is 0 Å². The minimum atomic E-state index is -0.660. The highest BCUT2D eigenvalue weighted by Gasteiger charge is 2.31. The second-order valence-electron chi connectivity index (χ2n) is 8.72. The summed E-state index contributed by atoms with van der Waals surface area (Å²) in [6.07, 6.45) is 17.9. The fourth-order valence-corrected chi connectivity index (χ4v) is 3.63. The molecule has 1 aliphatic rings. The molecule has 0 aliphatic heterocycles. The zero-order chi connectivity index (χ0) is 20.3. The van der Waals surface area contributed by atoms with Crippen LogP contribution in [0.3, 0.4) is 0 Å². The number of hydrogen-bond acceptors (Lipinski definition) is 2. The average molecular weight is 375 g/mol. The van der Waals surface area contributed by atoms with Crippen LogP contribution in [0.15, 0.2) is 46.6 Å². The van der Waals surface area contributed by atoms with Crippen LogP contribution in [0.1, 0.15) is 92.4 Å². The second kappa shape index (κ2) is 12.4.